The first-order valence-electron chi connectivity index (χ1n) is 7.01. The number of pyridine rings is 1. The van der Waals surface area contributed by atoms with Gasteiger partial charge in [-0.25, -0.2) is 9.78 Å². The third-order valence-corrected chi connectivity index (χ3v) is 3.04. The monoisotopic (exact) mass is 340 g/mol. The van der Waals surface area contributed by atoms with E-state index in [4.69, 9.17) is 9.84 Å². The van der Waals surface area contributed by atoms with Gasteiger partial charge in [-0.2, -0.15) is 13.2 Å². The van der Waals surface area contributed by atoms with Gasteiger partial charge in [0.05, 0.1) is 5.56 Å². The Balaban J connectivity index is 1.95. The Kier molecular flexibility index (Phi) is 5.75. The molecule has 0 bridgehead atoms. The Morgan fingerprint density at radius 3 is 2.71 bits per heavy atom. The van der Waals surface area contributed by atoms with Crippen molar-refractivity contribution in [1.82, 2.24) is 10.3 Å². The minimum atomic E-state index is -4.43. The van der Waals surface area contributed by atoms with Crippen molar-refractivity contribution in [2.24, 2.45) is 0 Å². The third kappa shape index (κ3) is 5.54. The van der Waals surface area contributed by atoms with Gasteiger partial charge in [-0.1, -0.05) is 18.2 Å². The fourth-order valence-electron chi connectivity index (χ4n) is 1.99. The first-order valence-corrected chi connectivity index (χ1v) is 7.01. The number of alkyl halides is 3. The maximum Gasteiger partial charge on any atom is 0.422 e. The van der Waals surface area contributed by atoms with Crippen LogP contribution >= 0.6 is 0 Å². The average molecular weight is 340 g/mol. The molecule has 0 aliphatic rings. The molecule has 2 rings (SSSR count). The van der Waals surface area contributed by atoms with Crippen LogP contribution in [0.2, 0.25) is 0 Å². The number of carboxylic acids is 1. The van der Waals surface area contributed by atoms with Gasteiger partial charge in [0, 0.05) is 24.8 Å². The minimum Gasteiger partial charge on any atom is -0.478 e. The fourth-order valence-corrected chi connectivity index (χ4v) is 1.99. The topological polar surface area (TPSA) is 71.5 Å². The lowest BCUT2D eigenvalue weighted by molar-refractivity contribution is -0.154. The fraction of sp³-hybridized carbons (Fsp3) is 0.250. The molecule has 8 heteroatoms. The summed E-state index contributed by atoms with van der Waals surface area (Å²) in [6.45, 7) is -0.815. The maximum absolute atomic E-state index is 12.2. The Bertz CT molecular complexity index is 705. The van der Waals surface area contributed by atoms with E-state index in [1.54, 1.807) is 24.3 Å². The molecule has 0 saturated carbocycles. The molecule has 1 heterocycles. The van der Waals surface area contributed by atoms with Crippen LogP contribution in [-0.2, 0) is 13.1 Å². The summed E-state index contributed by atoms with van der Waals surface area (Å²) in [4.78, 5) is 14.7. The number of carboxylic acid groups (broad SMARTS) is 1. The van der Waals surface area contributed by atoms with Gasteiger partial charge in [0.15, 0.2) is 6.61 Å². The summed E-state index contributed by atoms with van der Waals surface area (Å²) >= 11 is 0. The number of halogens is 3. The van der Waals surface area contributed by atoms with E-state index in [-0.39, 0.29) is 18.0 Å². The van der Waals surface area contributed by atoms with Gasteiger partial charge in [-0.15, -0.1) is 0 Å². The molecule has 1 aromatic carbocycles. The zero-order chi connectivity index (χ0) is 17.6. The molecule has 24 heavy (non-hydrogen) atoms. The summed E-state index contributed by atoms with van der Waals surface area (Å²) in [7, 11) is 0. The van der Waals surface area contributed by atoms with E-state index < -0.39 is 18.8 Å². The number of nitrogens with one attached hydrogen (secondary N) is 1. The lowest BCUT2D eigenvalue weighted by atomic mass is 10.1. The van der Waals surface area contributed by atoms with E-state index in [1.807, 2.05) is 0 Å². The normalized spacial score (nSPS) is 11.3. The molecule has 0 spiro atoms. The standard InChI is InChI=1S/C16H15F3N2O3/c17-16(18,19)10-24-14-13(5-2-6-21-14)9-20-8-11-3-1-4-12(7-11)15(22)23/h1-7,20H,8-10H2,(H,22,23). The van der Waals surface area contributed by atoms with Gasteiger partial charge in [0.25, 0.3) is 0 Å². The van der Waals surface area contributed by atoms with Gasteiger partial charge < -0.3 is 15.2 Å². The summed E-state index contributed by atoms with van der Waals surface area (Å²) in [5, 5.41) is 12.0. The van der Waals surface area contributed by atoms with Crippen molar-refractivity contribution < 1.29 is 27.8 Å². The van der Waals surface area contributed by atoms with Crippen LogP contribution in [0.5, 0.6) is 5.88 Å². The highest BCUT2D eigenvalue weighted by atomic mass is 19.4. The molecule has 0 aliphatic heterocycles. The number of hydrogen-bond donors (Lipinski definition) is 2. The van der Waals surface area contributed by atoms with E-state index >= 15 is 0 Å². The van der Waals surface area contributed by atoms with Crippen molar-refractivity contribution in [3.8, 4) is 5.88 Å². The second kappa shape index (κ2) is 7.78. The Labute approximate surface area is 136 Å². The molecule has 5 nitrogen and oxygen atoms in total. The molecular weight excluding hydrogens is 325 g/mol. The average Bonchev–Trinajstić information content (AvgIpc) is 2.53. The Hall–Kier alpha value is -2.61. The van der Waals surface area contributed by atoms with Crippen LogP contribution in [0, 0.1) is 0 Å². The lowest BCUT2D eigenvalue weighted by Gasteiger charge is -2.12. The third-order valence-electron chi connectivity index (χ3n) is 3.04. The highest BCUT2D eigenvalue weighted by Crippen LogP contribution is 2.20. The molecule has 0 unspecified atom stereocenters. The zero-order valence-electron chi connectivity index (χ0n) is 12.5. The van der Waals surface area contributed by atoms with Crippen LogP contribution < -0.4 is 10.1 Å². The minimum absolute atomic E-state index is 0.0818. The number of aromatic carboxylic acids is 1. The number of ether oxygens (including phenoxy) is 1. The highest BCUT2D eigenvalue weighted by Gasteiger charge is 2.29. The van der Waals surface area contributed by atoms with Crippen LogP contribution in [-0.4, -0.2) is 28.8 Å². The number of nitrogens with zero attached hydrogens (tertiary/aromatic N) is 1. The van der Waals surface area contributed by atoms with E-state index in [0.717, 1.165) is 5.56 Å². The summed E-state index contributed by atoms with van der Waals surface area (Å²) in [5.74, 6) is -1.10. The second-order valence-electron chi connectivity index (χ2n) is 4.98. The molecule has 0 aliphatic carbocycles. The summed E-state index contributed by atoms with van der Waals surface area (Å²) in [6.07, 6.45) is -3.08. The van der Waals surface area contributed by atoms with Gasteiger partial charge >= 0.3 is 12.1 Å². The van der Waals surface area contributed by atoms with Crippen LogP contribution in [0.15, 0.2) is 42.6 Å². The van der Waals surface area contributed by atoms with E-state index in [9.17, 15) is 18.0 Å². The van der Waals surface area contributed by atoms with Crippen molar-refractivity contribution in [3.63, 3.8) is 0 Å². The number of benzene rings is 1. The van der Waals surface area contributed by atoms with Gasteiger partial charge in [-0.05, 0) is 23.8 Å². The molecule has 0 saturated heterocycles. The largest absolute Gasteiger partial charge is 0.478 e. The maximum atomic E-state index is 12.2. The van der Waals surface area contributed by atoms with E-state index in [2.05, 4.69) is 10.3 Å². The second-order valence-corrected chi connectivity index (χ2v) is 4.98. The number of carbonyl (C=O) groups is 1. The first kappa shape index (κ1) is 17.7. The molecule has 0 amide bonds. The quantitative estimate of drug-likeness (QED) is 0.811. The van der Waals surface area contributed by atoms with Crippen LogP contribution in [0.3, 0.4) is 0 Å². The summed E-state index contributed by atoms with van der Waals surface area (Å²) in [5.41, 5.74) is 1.40. The number of rotatable bonds is 7. The van der Waals surface area contributed by atoms with E-state index in [1.165, 1.54) is 18.3 Å². The van der Waals surface area contributed by atoms with Gasteiger partial charge in [-0.3, -0.25) is 0 Å². The zero-order valence-corrected chi connectivity index (χ0v) is 12.5. The first-order chi connectivity index (χ1) is 11.3. The van der Waals surface area contributed by atoms with Crippen molar-refractivity contribution in [3.05, 3.63) is 59.3 Å². The SMILES string of the molecule is O=C(O)c1cccc(CNCc2cccnc2OCC(F)(F)F)c1. The number of hydrogen-bond acceptors (Lipinski definition) is 4. The van der Waals surface area contributed by atoms with Crippen molar-refractivity contribution in [1.29, 1.82) is 0 Å². The lowest BCUT2D eigenvalue weighted by Crippen LogP contribution is -2.21. The molecule has 2 N–H and O–H groups in total. The van der Waals surface area contributed by atoms with Crippen LogP contribution in [0.1, 0.15) is 21.5 Å². The molecular formula is C16H15F3N2O3. The van der Waals surface area contributed by atoms with Gasteiger partial charge in [0.2, 0.25) is 5.88 Å². The smallest absolute Gasteiger partial charge is 0.422 e. The van der Waals surface area contributed by atoms with Crippen LogP contribution in [0.4, 0.5) is 13.2 Å². The Morgan fingerprint density at radius 2 is 2.00 bits per heavy atom. The summed E-state index contributed by atoms with van der Waals surface area (Å²) in [6, 6.07) is 9.60. The van der Waals surface area contributed by atoms with Gasteiger partial charge in [0.1, 0.15) is 0 Å². The van der Waals surface area contributed by atoms with Crippen molar-refractivity contribution in [2.45, 2.75) is 19.3 Å². The molecule has 1 aromatic heterocycles. The molecule has 0 radical (unpaired) electrons. The predicted octanol–water partition coefficient (Wildman–Crippen LogP) is 3.01. The molecule has 128 valence electrons. The van der Waals surface area contributed by atoms with E-state index in [0.29, 0.717) is 12.1 Å². The molecule has 0 fully saturated rings. The van der Waals surface area contributed by atoms with Crippen molar-refractivity contribution in [2.75, 3.05) is 6.61 Å². The van der Waals surface area contributed by atoms with Crippen molar-refractivity contribution >= 4 is 5.97 Å². The van der Waals surface area contributed by atoms with Crippen LogP contribution in [0.25, 0.3) is 0 Å². The predicted molar refractivity (Wildman–Crippen MR) is 79.7 cm³/mol. The molecule has 2 aromatic rings. The summed E-state index contributed by atoms with van der Waals surface area (Å²) < 4.78 is 41.4. The molecule has 0 atom stereocenters. The highest BCUT2D eigenvalue weighted by molar-refractivity contribution is 5.87. The number of aromatic nitrogens is 1. The Morgan fingerprint density at radius 1 is 1.21 bits per heavy atom.